The molecular weight excluding hydrogens is 460 g/mol. The molecule has 32 heavy (non-hydrogen) atoms. The molecule has 4 aromatic heterocycles. The Balaban J connectivity index is 1.32. The minimum Gasteiger partial charge on any atom is -0.298 e. The summed E-state index contributed by atoms with van der Waals surface area (Å²) < 4.78 is 3.73. The van der Waals surface area contributed by atoms with Crippen LogP contribution < -0.4 is 5.56 Å². The number of thiophene rings is 1. The van der Waals surface area contributed by atoms with Gasteiger partial charge in [0.1, 0.15) is 5.01 Å². The zero-order valence-electron chi connectivity index (χ0n) is 18.0. The van der Waals surface area contributed by atoms with Crippen LogP contribution in [0.25, 0.3) is 15.7 Å². The third-order valence-electron chi connectivity index (χ3n) is 6.97. The Morgan fingerprint density at radius 2 is 2.19 bits per heavy atom. The first-order valence-electron chi connectivity index (χ1n) is 11.0. The van der Waals surface area contributed by atoms with Gasteiger partial charge < -0.3 is 0 Å². The summed E-state index contributed by atoms with van der Waals surface area (Å²) in [5, 5.41) is 17.3. The SMILES string of the molecule is Cc1nn2c(=O)cc(CSc3nnc(-c4cccs4)n3C(C)C3CC4CCC3C4)nc2s1. The van der Waals surface area contributed by atoms with Crippen molar-refractivity contribution < 1.29 is 0 Å². The number of fused-ring (bicyclic) bond motifs is 3. The molecule has 4 aromatic rings. The van der Waals surface area contributed by atoms with Gasteiger partial charge in [0.05, 0.1) is 10.6 Å². The van der Waals surface area contributed by atoms with Gasteiger partial charge in [-0.05, 0) is 62.3 Å². The van der Waals surface area contributed by atoms with Crippen molar-refractivity contribution in [1.29, 1.82) is 0 Å². The van der Waals surface area contributed by atoms with Gasteiger partial charge in [0.25, 0.3) is 5.56 Å². The third-order valence-corrected chi connectivity index (χ3v) is 9.64. The lowest BCUT2D eigenvalue weighted by Gasteiger charge is -2.30. The van der Waals surface area contributed by atoms with Gasteiger partial charge in [-0.2, -0.15) is 9.61 Å². The monoisotopic (exact) mass is 484 g/mol. The molecule has 4 atom stereocenters. The number of thioether (sulfide) groups is 1. The number of hydrogen-bond donors (Lipinski definition) is 0. The topological polar surface area (TPSA) is 78.0 Å². The minimum absolute atomic E-state index is 0.133. The maximum Gasteiger partial charge on any atom is 0.275 e. The molecule has 4 unspecified atom stereocenters. The molecule has 2 bridgehead atoms. The smallest absolute Gasteiger partial charge is 0.275 e. The van der Waals surface area contributed by atoms with E-state index < -0.39 is 0 Å². The standard InChI is InChI=1S/C22H24N6OS3/c1-12(17-9-14-5-6-15(17)8-14)27-20(18-4-3-7-30-18)24-25-22(27)31-11-16-10-19(29)28-21(23-16)32-13(2)26-28/h3-4,7,10,12,14-15,17H,5-6,8-9,11H2,1-2H3. The second-order valence-corrected chi connectivity index (χ2v) is 12.0. The molecule has 0 amide bonds. The summed E-state index contributed by atoms with van der Waals surface area (Å²) in [6.07, 6.45) is 5.46. The van der Waals surface area contributed by atoms with Crippen LogP contribution in [0.1, 0.15) is 49.4 Å². The highest BCUT2D eigenvalue weighted by Gasteiger charge is 2.43. The van der Waals surface area contributed by atoms with Gasteiger partial charge in [-0.15, -0.1) is 21.5 Å². The van der Waals surface area contributed by atoms with E-state index >= 15 is 0 Å². The van der Waals surface area contributed by atoms with Gasteiger partial charge in [0.2, 0.25) is 4.96 Å². The maximum absolute atomic E-state index is 12.4. The first-order chi connectivity index (χ1) is 15.6. The lowest BCUT2D eigenvalue weighted by atomic mass is 9.84. The Kier molecular flexibility index (Phi) is 5.19. The average molecular weight is 485 g/mol. The molecule has 2 fully saturated rings. The van der Waals surface area contributed by atoms with E-state index in [2.05, 4.69) is 49.3 Å². The molecular formula is C22H24N6OS3. The van der Waals surface area contributed by atoms with Gasteiger partial charge in [0.15, 0.2) is 11.0 Å². The summed E-state index contributed by atoms with van der Waals surface area (Å²) in [5.41, 5.74) is 0.620. The molecule has 0 aromatic carbocycles. The Labute approximate surface area is 197 Å². The van der Waals surface area contributed by atoms with Crippen LogP contribution in [0.5, 0.6) is 0 Å². The summed E-state index contributed by atoms with van der Waals surface area (Å²) in [6.45, 7) is 4.23. The second kappa shape index (κ2) is 8.07. The van der Waals surface area contributed by atoms with Crippen LogP contribution in [-0.2, 0) is 5.75 Å². The normalized spacial score (nSPS) is 23.4. The fourth-order valence-electron chi connectivity index (χ4n) is 5.56. The zero-order chi connectivity index (χ0) is 21.8. The van der Waals surface area contributed by atoms with Gasteiger partial charge in [-0.3, -0.25) is 9.36 Å². The molecule has 10 heteroatoms. The summed E-state index contributed by atoms with van der Waals surface area (Å²) in [7, 11) is 0. The molecule has 6 rings (SSSR count). The lowest BCUT2D eigenvalue weighted by molar-refractivity contribution is 0.235. The van der Waals surface area contributed by atoms with Crippen molar-refractivity contribution in [3.05, 3.63) is 44.6 Å². The number of nitrogens with zero attached hydrogens (tertiary/aromatic N) is 6. The number of aromatic nitrogens is 6. The number of aryl methyl sites for hydroxylation is 1. The molecule has 0 radical (unpaired) electrons. The maximum atomic E-state index is 12.4. The molecule has 4 heterocycles. The van der Waals surface area contributed by atoms with Crippen LogP contribution in [0, 0.1) is 24.7 Å². The number of rotatable bonds is 6. The van der Waals surface area contributed by atoms with Crippen LogP contribution in [-0.4, -0.2) is 29.4 Å². The van der Waals surface area contributed by atoms with Crippen molar-refractivity contribution in [2.45, 2.75) is 56.5 Å². The molecule has 0 N–H and O–H groups in total. The third kappa shape index (κ3) is 3.52. The number of hydrogen-bond acceptors (Lipinski definition) is 8. The van der Waals surface area contributed by atoms with E-state index in [0.717, 1.165) is 38.4 Å². The summed E-state index contributed by atoms with van der Waals surface area (Å²) in [4.78, 5) is 18.9. The first-order valence-corrected chi connectivity index (χ1v) is 13.7. The van der Waals surface area contributed by atoms with Crippen molar-refractivity contribution in [1.82, 2.24) is 29.4 Å². The van der Waals surface area contributed by atoms with Crippen LogP contribution in [0.4, 0.5) is 0 Å². The van der Waals surface area contributed by atoms with Crippen molar-refractivity contribution in [3.8, 4) is 10.7 Å². The van der Waals surface area contributed by atoms with E-state index in [9.17, 15) is 4.79 Å². The van der Waals surface area contributed by atoms with E-state index in [0.29, 0.717) is 22.7 Å². The van der Waals surface area contributed by atoms with Crippen LogP contribution in [0.3, 0.4) is 0 Å². The molecule has 2 aliphatic rings. The summed E-state index contributed by atoms with van der Waals surface area (Å²) in [5.74, 6) is 3.94. The molecule has 2 saturated carbocycles. The Bertz CT molecular complexity index is 1320. The van der Waals surface area contributed by atoms with E-state index in [1.165, 1.54) is 41.5 Å². The van der Waals surface area contributed by atoms with Crippen LogP contribution in [0.2, 0.25) is 0 Å². The lowest BCUT2D eigenvalue weighted by Crippen LogP contribution is -2.23. The van der Waals surface area contributed by atoms with Gasteiger partial charge in [-0.1, -0.05) is 35.6 Å². The van der Waals surface area contributed by atoms with E-state index in [1.807, 2.05) is 6.92 Å². The van der Waals surface area contributed by atoms with Gasteiger partial charge in [0, 0.05) is 17.9 Å². The fraction of sp³-hybridized carbons (Fsp3) is 0.500. The summed E-state index contributed by atoms with van der Waals surface area (Å²) >= 11 is 4.76. The van der Waals surface area contributed by atoms with Crippen molar-refractivity contribution in [3.63, 3.8) is 0 Å². The molecule has 166 valence electrons. The molecule has 0 spiro atoms. The molecule has 0 saturated heterocycles. The highest BCUT2D eigenvalue weighted by Crippen LogP contribution is 2.53. The van der Waals surface area contributed by atoms with Crippen LogP contribution >= 0.6 is 34.4 Å². The predicted octanol–water partition coefficient (Wildman–Crippen LogP) is 5.07. The Morgan fingerprint density at radius 3 is 2.94 bits per heavy atom. The van der Waals surface area contributed by atoms with E-state index in [1.54, 1.807) is 29.2 Å². The molecule has 0 aliphatic heterocycles. The van der Waals surface area contributed by atoms with E-state index in [4.69, 9.17) is 0 Å². The molecule has 7 nitrogen and oxygen atoms in total. The Morgan fingerprint density at radius 1 is 1.28 bits per heavy atom. The zero-order valence-corrected chi connectivity index (χ0v) is 20.4. The minimum atomic E-state index is -0.133. The van der Waals surface area contributed by atoms with Crippen molar-refractivity contribution >= 4 is 39.4 Å². The largest absolute Gasteiger partial charge is 0.298 e. The second-order valence-electron chi connectivity index (χ2n) is 8.92. The highest BCUT2D eigenvalue weighted by atomic mass is 32.2. The Hall–Kier alpha value is -2.04. The average Bonchev–Trinajstić information content (AvgIpc) is 3.59. The summed E-state index contributed by atoms with van der Waals surface area (Å²) in [6, 6.07) is 6.12. The van der Waals surface area contributed by atoms with Gasteiger partial charge >= 0.3 is 0 Å². The fourth-order valence-corrected chi connectivity index (χ4v) is 7.94. The van der Waals surface area contributed by atoms with Crippen molar-refractivity contribution in [2.75, 3.05) is 0 Å². The van der Waals surface area contributed by atoms with Crippen LogP contribution in [0.15, 0.2) is 33.5 Å². The van der Waals surface area contributed by atoms with Gasteiger partial charge in [-0.25, -0.2) is 4.98 Å². The predicted molar refractivity (Wildman–Crippen MR) is 128 cm³/mol. The highest BCUT2D eigenvalue weighted by molar-refractivity contribution is 7.98. The van der Waals surface area contributed by atoms with Crippen molar-refractivity contribution in [2.24, 2.45) is 17.8 Å². The quantitative estimate of drug-likeness (QED) is 0.356. The molecule has 2 aliphatic carbocycles. The van der Waals surface area contributed by atoms with E-state index in [-0.39, 0.29) is 5.56 Å². The first kappa shape index (κ1) is 20.6.